The fraction of sp³-hybridized carbons (Fsp3) is 0.444. The van der Waals surface area contributed by atoms with Crippen molar-refractivity contribution in [1.29, 1.82) is 0 Å². The Hall–Kier alpha value is -0.670. The van der Waals surface area contributed by atoms with Gasteiger partial charge in [-0.3, -0.25) is 0 Å². The van der Waals surface area contributed by atoms with Crippen molar-refractivity contribution in [2.24, 2.45) is 0 Å². The minimum atomic E-state index is -3.47. The summed E-state index contributed by atoms with van der Waals surface area (Å²) in [6, 6.07) is 15.1. The van der Waals surface area contributed by atoms with Crippen molar-refractivity contribution in [1.82, 2.24) is 0 Å². The molecule has 0 saturated carbocycles. The van der Waals surface area contributed by atoms with E-state index < -0.39 is 6.30 Å². The molecule has 3 nitrogen and oxygen atoms in total. The van der Waals surface area contributed by atoms with E-state index >= 15 is 0 Å². The second-order valence-electron chi connectivity index (χ2n) is 5.79. The SMILES string of the molecule is O=P(O)(Br)OCCCCCCCCc1cccc2ccccc12. The third-order valence-corrected chi connectivity index (χ3v) is 5.09. The van der Waals surface area contributed by atoms with Crippen molar-refractivity contribution in [3.63, 3.8) is 0 Å². The van der Waals surface area contributed by atoms with E-state index in [0.717, 1.165) is 25.7 Å². The number of benzene rings is 2. The summed E-state index contributed by atoms with van der Waals surface area (Å²) >= 11 is 2.61. The van der Waals surface area contributed by atoms with E-state index in [1.165, 1.54) is 35.6 Å². The van der Waals surface area contributed by atoms with E-state index in [1.54, 1.807) is 0 Å². The van der Waals surface area contributed by atoms with Crippen molar-refractivity contribution in [3.05, 3.63) is 48.0 Å². The van der Waals surface area contributed by atoms with Gasteiger partial charge in [-0.25, -0.2) is 4.57 Å². The lowest BCUT2D eigenvalue weighted by molar-refractivity contribution is 0.269. The summed E-state index contributed by atoms with van der Waals surface area (Å²) in [5, 5.41) is 2.69. The summed E-state index contributed by atoms with van der Waals surface area (Å²) in [5.74, 6) is 0. The van der Waals surface area contributed by atoms with Crippen molar-refractivity contribution in [2.45, 2.75) is 44.9 Å². The molecule has 2 rings (SSSR count). The lowest BCUT2D eigenvalue weighted by atomic mass is 9.99. The zero-order chi connectivity index (χ0) is 16.5. The highest BCUT2D eigenvalue weighted by Gasteiger charge is 2.11. The molecule has 0 radical (unpaired) electrons. The lowest BCUT2D eigenvalue weighted by Crippen LogP contribution is -1.90. The third kappa shape index (κ3) is 7.17. The van der Waals surface area contributed by atoms with Crippen LogP contribution in [0.25, 0.3) is 10.8 Å². The maximum Gasteiger partial charge on any atom is 0.393 e. The summed E-state index contributed by atoms with van der Waals surface area (Å²) in [7, 11) is 0. The highest BCUT2D eigenvalue weighted by atomic mass is 79.9. The van der Waals surface area contributed by atoms with Gasteiger partial charge in [-0.2, -0.15) is 0 Å². The van der Waals surface area contributed by atoms with Crippen LogP contribution in [0.2, 0.25) is 0 Å². The first-order chi connectivity index (χ1) is 11.1. The Bertz CT molecular complexity index is 648. The average Bonchev–Trinajstić information content (AvgIpc) is 2.52. The van der Waals surface area contributed by atoms with Crippen LogP contribution in [0.4, 0.5) is 0 Å². The van der Waals surface area contributed by atoms with Crippen LogP contribution in [0.5, 0.6) is 0 Å². The molecule has 0 spiro atoms. The molecule has 1 atom stereocenters. The molecular formula is C18H24BrO3P. The van der Waals surface area contributed by atoms with Crippen LogP contribution in [0, 0.1) is 0 Å². The fourth-order valence-corrected chi connectivity index (χ4v) is 3.60. The van der Waals surface area contributed by atoms with Gasteiger partial charge in [0, 0.05) is 15.5 Å². The first-order valence-corrected chi connectivity index (χ1v) is 11.8. The third-order valence-electron chi connectivity index (χ3n) is 3.97. The van der Waals surface area contributed by atoms with Crippen LogP contribution in [0.3, 0.4) is 0 Å². The van der Waals surface area contributed by atoms with Crippen molar-refractivity contribution in [2.75, 3.05) is 6.61 Å². The number of hydrogen-bond donors (Lipinski definition) is 1. The van der Waals surface area contributed by atoms with Crippen LogP contribution < -0.4 is 0 Å². The molecule has 126 valence electrons. The predicted molar refractivity (Wildman–Crippen MR) is 100 cm³/mol. The summed E-state index contributed by atoms with van der Waals surface area (Å²) in [6.07, 6.45) is 4.31. The predicted octanol–water partition coefficient (Wildman–Crippen LogP) is 6.23. The lowest BCUT2D eigenvalue weighted by Gasteiger charge is -2.07. The van der Waals surface area contributed by atoms with Crippen molar-refractivity contribution < 1.29 is 14.0 Å². The molecule has 0 amide bonds. The number of fused-ring (bicyclic) bond motifs is 1. The molecule has 0 heterocycles. The largest absolute Gasteiger partial charge is 0.393 e. The van der Waals surface area contributed by atoms with E-state index in [-0.39, 0.29) is 0 Å². The molecule has 0 bridgehead atoms. The normalized spacial score (nSPS) is 14.0. The van der Waals surface area contributed by atoms with Gasteiger partial charge in [0.15, 0.2) is 0 Å². The van der Waals surface area contributed by atoms with Gasteiger partial charge in [-0.05, 0) is 35.6 Å². The second-order valence-corrected chi connectivity index (χ2v) is 9.64. The monoisotopic (exact) mass is 398 g/mol. The Morgan fingerprint density at radius 2 is 1.57 bits per heavy atom. The Balaban J connectivity index is 1.60. The summed E-state index contributed by atoms with van der Waals surface area (Å²) in [6.45, 7) is 0.342. The zero-order valence-corrected chi connectivity index (χ0v) is 15.8. The van der Waals surface area contributed by atoms with Crippen LogP contribution in [0.15, 0.2) is 42.5 Å². The van der Waals surface area contributed by atoms with Crippen molar-refractivity contribution >= 4 is 32.6 Å². The van der Waals surface area contributed by atoms with Gasteiger partial charge < -0.3 is 9.42 Å². The Kier molecular flexibility index (Phi) is 7.78. The molecule has 5 heteroatoms. The molecule has 0 aromatic heterocycles. The maximum atomic E-state index is 10.9. The zero-order valence-electron chi connectivity index (χ0n) is 13.3. The molecule has 2 aromatic rings. The number of aryl methyl sites for hydroxylation is 1. The summed E-state index contributed by atoms with van der Waals surface area (Å²) < 4.78 is 15.7. The van der Waals surface area contributed by atoms with Crippen LogP contribution in [-0.4, -0.2) is 11.5 Å². The molecule has 0 aliphatic carbocycles. The molecule has 0 aliphatic heterocycles. The van der Waals surface area contributed by atoms with Gasteiger partial charge >= 0.3 is 6.30 Å². The first kappa shape index (κ1) is 18.7. The van der Waals surface area contributed by atoms with Gasteiger partial charge in [0.2, 0.25) is 0 Å². The number of hydrogen-bond acceptors (Lipinski definition) is 2. The Morgan fingerprint density at radius 3 is 2.35 bits per heavy atom. The fourth-order valence-electron chi connectivity index (χ4n) is 2.81. The first-order valence-electron chi connectivity index (χ1n) is 8.20. The van der Waals surface area contributed by atoms with E-state index in [1.807, 2.05) is 0 Å². The standard InChI is InChI=1S/C18H24BrO3P/c19-23(20,21)22-15-8-4-2-1-3-5-10-16-12-9-13-17-11-6-7-14-18(16)17/h6-7,9,11-14H,1-5,8,10,15H2,(H,20,21). The van der Waals surface area contributed by atoms with Gasteiger partial charge in [0.05, 0.1) is 6.61 Å². The van der Waals surface area contributed by atoms with Crippen LogP contribution >= 0.6 is 21.8 Å². The van der Waals surface area contributed by atoms with E-state index in [9.17, 15) is 4.57 Å². The molecular weight excluding hydrogens is 375 g/mol. The quantitative estimate of drug-likeness (QED) is 0.380. The minimum Gasteiger partial charge on any atom is -0.316 e. The molecule has 0 saturated heterocycles. The van der Waals surface area contributed by atoms with Crippen molar-refractivity contribution in [3.8, 4) is 0 Å². The van der Waals surface area contributed by atoms with Gasteiger partial charge in [-0.15, -0.1) is 0 Å². The Labute approximate surface area is 146 Å². The molecule has 0 fully saturated rings. The molecule has 1 N–H and O–H groups in total. The second kappa shape index (κ2) is 9.58. The van der Waals surface area contributed by atoms with E-state index in [2.05, 4.69) is 58.0 Å². The molecule has 23 heavy (non-hydrogen) atoms. The topological polar surface area (TPSA) is 46.5 Å². The van der Waals surface area contributed by atoms with Gasteiger partial charge in [-0.1, -0.05) is 68.1 Å². The summed E-state index contributed by atoms with van der Waals surface area (Å²) in [4.78, 5) is 8.92. The van der Waals surface area contributed by atoms with Crippen LogP contribution in [0.1, 0.15) is 44.1 Å². The average molecular weight is 399 g/mol. The van der Waals surface area contributed by atoms with Gasteiger partial charge in [0.25, 0.3) is 0 Å². The van der Waals surface area contributed by atoms with Gasteiger partial charge in [0.1, 0.15) is 0 Å². The smallest absolute Gasteiger partial charge is 0.316 e. The van der Waals surface area contributed by atoms with E-state index in [0.29, 0.717) is 6.61 Å². The molecule has 2 aromatic carbocycles. The maximum absolute atomic E-state index is 10.9. The molecule has 1 unspecified atom stereocenters. The number of halogens is 1. The summed E-state index contributed by atoms with van der Waals surface area (Å²) in [5.41, 5.74) is 1.44. The highest BCUT2D eigenvalue weighted by Crippen LogP contribution is 2.50. The number of rotatable bonds is 10. The highest BCUT2D eigenvalue weighted by molar-refractivity contribution is 9.39. The number of unbranched alkanes of at least 4 members (excludes halogenated alkanes) is 5. The van der Waals surface area contributed by atoms with E-state index in [4.69, 9.17) is 9.42 Å². The Morgan fingerprint density at radius 1 is 0.913 bits per heavy atom. The van der Waals surface area contributed by atoms with Crippen LogP contribution in [-0.2, 0) is 15.5 Å². The molecule has 0 aliphatic rings. The minimum absolute atomic E-state index is 0.342.